The molecule has 36 heavy (non-hydrogen) atoms. The molecule has 0 aromatic heterocycles. The number of carbonyl (C=O) groups excluding carboxylic acids is 1. The number of methoxy groups -OCH3 is 2. The van der Waals surface area contributed by atoms with E-state index in [9.17, 15) is 26.4 Å². The van der Waals surface area contributed by atoms with Gasteiger partial charge in [-0.05, 0) is 49.2 Å². The number of rotatable bonds is 8. The summed E-state index contributed by atoms with van der Waals surface area (Å²) < 4.78 is 78.5. The third kappa shape index (κ3) is 6.09. The molecule has 0 aliphatic heterocycles. The Morgan fingerprint density at radius 1 is 0.944 bits per heavy atom. The Morgan fingerprint density at radius 2 is 1.58 bits per heavy atom. The highest BCUT2D eigenvalue weighted by molar-refractivity contribution is 7.93. The third-order valence-corrected chi connectivity index (χ3v) is 7.21. The van der Waals surface area contributed by atoms with Gasteiger partial charge >= 0.3 is 6.18 Å². The fraction of sp³-hybridized carbons (Fsp3) is 0.240. The Hall–Kier alpha value is -3.73. The van der Waals surface area contributed by atoms with Crippen LogP contribution in [0.5, 0.6) is 11.5 Å². The first-order valence-corrected chi connectivity index (χ1v) is 12.1. The second-order valence-corrected chi connectivity index (χ2v) is 9.81. The first kappa shape index (κ1) is 26.9. The van der Waals surface area contributed by atoms with Crippen molar-refractivity contribution >= 4 is 27.3 Å². The molecule has 0 saturated heterocycles. The number of ether oxygens (including phenoxy) is 2. The van der Waals surface area contributed by atoms with Crippen molar-refractivity contribution in [1.29, 1.82) is 0 Å². The maximum Gasteiger partial charge on any atom is 0.416 e. The van der Waals surface area contributed by atoms with Crippen LogP contribution in [-0.2, 0) is 21.0 Å². The van der Waals surface area contributed by atoms with Gasteiger partial charge in [-0.2, -0.15) is 13.2 Å². The smallest absolute Gasteiger partial charge is 0.416 e. The van der Waals surface area contributed by atoms with Crippen molar-refractivity contribution in [1.82, 2.24) is 0 Å². The van der Waals surface area contributed by atoms with E-state index in [0.29, 0.717) is 33.0 Å². The van der Waals surface area contributed by atoms with E-state index in [-0.39, 0.29) is 16.3 Å². The summed E-state index contributed by atoms with van der Waals surface area (Å²) >= 11 is 0. The van der Waals surface area contributed by atoms with Crippen LogP contribution in [0.4, 0.5) is 24.5 Å². The van der Waals surface area contributed by atoms with Crippen LogP contribution in [0.1, 0.15) is 16.7 Å². The maximum absolute atomic E-state index is 13.7. The lowest BCUT2D eigenvalue weighted by molar-refractivity contribution is -0.137. The summed E-state index contributed by atoms with van der Waals surface area (Å²) in [4.78, 5) is 12.9. The Bertz CT molecular complexity index is 1350. The second kappa shape index (κ2) is 10.5. The number of halogens is 3. The highest BCUT2D eigenvalue weighted by atomic mass is 32.2. The van der Waals surface area contributed by atoms with Crippen molar-refractivity contribution in [3.05, 3.63) is 77.4 Å². The van der Waals surface area contributed by atoms with Crippen molar-refractivity contribution in [3.63, 3.8) is 0 Å². The van der Waals surface area contributed by atoms with Gasteiger partial charge in [0.2, 0.25) is 5.91 Å². The van der Waals surface area contributed by atoms with E-state index < -0.39 is 34.2 Å². The van der Waals surface area contributed by atoms with Crippen LogP contribution in [0.3, 0.4) is 0 Å². The SMILES string of the molecule is COc1cc(NC(=O)CN(c2cccc(C(F)(F)F)c2)S(=O)(=O)c2cc(C)ccc2C)cc(OC)c1. The first-order chi connectivity index (χ1) is 16.8. The largest absolute Gasteiger partial charge is 0.497 e. The van der Waals surface area contributed by atoms with Crippen molar-refractivity contribution < 1.29 is 35.9 Å². The topological polar surface area (TPSA) is 84.9 Å². The minimum Gasteiger partial charge on any atom is -0.497 e. The second-order valence-electron chi connectivity index (χ2n) is 7.98. The summed E-state index contributed by atoms with van der Waals surface area (Å²) in [6.07, 6.45) is -4.70. The van der Waals surface area contributed by atoms with Crippen LogP contribution >= 0.6 is 0 Å². The molecule has 7 nitrogen and oxygen atoms in total. The highest BCUT2D eigenvalue weighted by Crippen LogP contribution is 2.34. The van der Waals surface area contributed by atoms with Crippen LogP contribution in [0, 0.1) is 13.8 Å². The fourth-order valence-corrected chi connectivity index (χ4v) is 5.19. The molecule has 3 rings (SSSR count). The maximum atomic E-state index is 13.7. The number of hydrogen-bond donors (Lipinski definition) is 1. The Balaban J connectivity index is 2.06. The van der Waals surface area contributed by atoms with Crippen LogP contribution in [0.15, 0.2) is 65.6 Å². The molecule has 1 N–H and O–H groups in total. The van der Waals surface area contributed by atoms with Gasteiger partial charge in [0.1, 0.15) is 18.0 Å². The Labute approximate surface area is 207 Å². The van der Waals surface area contributed by atoms with Gasteiger partial charge < -0.3 is 14.8 Å². The van der Waals surface area contributed by atoms with E-state index in [1.807, 2.05) is 0 Å². The number of aryl methyl sites for hydroxylation is 2. The van der Waals surface area contributed by atoms with E-state index in [1.165, 1.54) is 38.5 Å². The average molecular weight is 523 g/mol. The predicted molar refractivity (Wildman–Crippen MR) is 130 cm³/mol. The third-order valence-electron chi connectivity index (χ3n) is 5.30. The van der Waals surface area contributed by atoms with Crippen LogP contribution in [0.2, 0.25) is 0 Å². The molecule has 0 atom stereocenters. The van der Waals surface area contributed by atoms with Crippen LogP contribution in [-0.4, -0.2) is 35.1 Å². The quantitative estimate of drug-likeness (QED) is 0.441. The molecule has 0 aliphatic carbocycles. The zero-order chi connectivity index (χ0) is 26.7. The lowest BCUT2D eigenvalue weighted by Gasteiger charge is -2.26. The molecule has 0 saturated carbocycles. The lowest BCUT2D eigenvalue weighted by atomic mass is 10.2. The number of alkyl halides is 3. The van der Waals surface area contributed by atoms with Gasteiger partial charge in [-0.3, -0.25) is 9.10 Å². The van der Waals surface area contributed by atoms with Gasteiger partial charge in [0.15, 0.2) is 0 Å². The number of sulfonamides is 1. The van der Waals surface area contributed by atoms with Crippen LogP contribution < -0.4 is 19.1 Å². The number of benzene rings is 3. The molecule has 3 aromatic rings. The molecule has 0 radical (unpaired) electrons. The lowest BCUT2D eigenvalue weighted by Crippen LogP contribution is -2.38. The fourth-order valence-electron chi connectivity index (χ4n) is 3.47. The zero-order valence-corrected chi connectivity index (χ0v) is 20.8. The van der Waals surface area contributed by atoms with E-state index >= 15 is 0 Å². The molecule has 192 valence electrons. The summed E-state index contributed by atoms with van der Waals surface area (Å²) in [5.41, 5.74) is -0.0702. The standard InChI is InChI=1S/C25H25F3N2O5S/c1-16-8-9-17(2)23(10-16)36(32,33)30(20-7-5-6-18(11-20)25(26,27)28)15-24(31)29-19-12-21(34-3)14-22(13-19)35-4/h5-14H,15H2,1-4H3,(H,29,31). The highest BCUT2D eigenvalue weighted by Gasteiger charge is 2.33. The summed E-state index contributed by atoms with van der Waals surface area (Å²) in [6, 6.07) is 13.1. The molecular formula is C25H25F3N2O5S. The normalized spacial score (nSPS) is 11.6. The van der Waals surface area contributed by atoms with Crippen molar-refractivity contribution in [2.75, 3.05) is 30.4 Å². The zero-order valence-electron chi connectivity index (χ0n) is 20.0. The van der Waals surface area contributed by atoms with Crippen molar-refractivity contribution in [2.45, 2.75) is 24.9 Å². The van der Waals surface area contributed by atoms with E-state index in [4.69, 9.17) is 9.47 Å². The van der Waals surface area contributed by atoms with Crippen LogP contribution in [0.25, 0.3) is 0 Å². The Morgan fingerprint density at radius 3 is 2.17 bits per heavy atom. The first-order valence-electron chi connectivity index (χ1n) is 10.7. The molecule has 3 aromatic carbocycles. The summed E-state index contributed by atoms with van der Waals surface area (Å²) in [6.45, 7) is 2.48. The number of carbonyl (C=O) groups is 1. The van der Waals surface area contributed by atoms with Crippen molar-refractivity contribution in [3.8, 4) is 11.5 Å². The summed E-state index contributed by atoms with van der Waals surface area (Å²) in [5.74, 6) is -0.0265. The molecule has 0 fully saturated rings. The monoisotopic (exact) mass is 522 g/mol. The molecule has 0 spiro atoms. The van der Waals surface area contributed by atoms with Gasteiger partial charge in [-0.25, -0.2) is 8.42 Å². The minimum atomic E-state index is -4.70. The predicted octanol–water partition coefficient (Wildman–Crippen LogP) is 5.17. The molecule has 0 aliphatic rings. The summed E-state index contributed by atoms with van der Waals surface area (Å²) in [5, 5.41) is 2.56. The molecule has 0 bridgehead atoms. The number of nitrogens with zero attached hydrogens (tertiary/aromatic N) is 1. The number of nitrogens with one attached hydrogen (secondary N) is 1. The van der Waals surface area contributed by atoms with Gasteiger partial charge in [0, 0.05) is 23.9 Å². The molecular weight excluding hydrogens is 497 g/mol. The van der Waals surface area contributed by atoms with Gasteiger partial charge in [0.05, 0.1) is 30.4 Å². The molecule has 0 heterocycles. The molecule has 0 unspecified atom stereocenters. The number of hydrogen-bond acceptors (Lipinski definition) is 5. The van der Waals surface area contributed by atoms with Crippen molar-refractivity contribution in [2.24, 2.45) is 0 Å². The minimum absolute atomic E-state index is 0.115. The Kier molecular flexibility index (Phi) is 7.83. The molecule has 11 heteroatoms. The van der Waals surface area contributed by atoms with E-state index in [0.717, 1.165) is 12.1 Å². The van der Waals surface area contributed by atoms with E-state index in [1.54, 1.807) is 32.0 Å². The summed E-state index contributed by atoms with van der Waals surface area (Å²) in [7, 11) is -1.58. The molecule has 1 amide bonds. The van der Waals surface area contributed by atoms with Gasteiger partial charge in [-0.1, -0.05) is 18.2 Å². The number of anilines is 2. The average Bonchev–Trinajstić information content (AvgIpc) is 2.83. The van der Waals surface area contributed by atoms with E-state index in [2.05, 4.69) is 5.32 Å². The number of amides is 1. The van der Waals surface area contributed by atoms with Gasteiger partial charge in [-0.15, -0.1) is 0 Å². The van der Waals surface area contributed by atoms with Gasteiger partial charge in [0.25, 0.3) is 10.0 Å².